The van der Waals surface area contributed by atoms with Crippen molar-refractivity contribution in [1.82, 2.24) is 5.32 Å². The fourth-order valence-corrected chi connectivity index (χ4v) is 2.54. The molecule has 108 valence electrons. The smallest absolute Gasteiger partial charge is 0.0914 e. The minimum Gasteiger partial charge on any atom is -0.387 e. The number of nitrogens with one attached hydrogen (secondary N) is 1. The highest BCUT2D eigenvalue weighted by Gasteiger charge is 2.13. The Morgan fingerprint density at radius 3 is 2.58 bits per heavy atom. The molecular weight excluding hydrogens is 258 g/mol. The second-order valence-corrected chi connectivity index (χ2v) is 5.47. The molecule has 1 aliphatic rings. The van der Waals surface area contributed by atoms with Gasteiger partial charge in [-0.15, -0.1) is 12.4 Å². The van der Waals surface area contributed by atoms with E-state index >= 15 is 0 Å². The molecule has 0 bridgehead atoms. The molecule has 2 N–H and O–H groups in total. The van der Waals surface area contributed by atoms with Crippen LogP contribution in [0.4, 0.5) is 0 Å². The quantitative estimate of drug-likeness (QED) is 0.868. The second kappa shape index (κ2) is 7.88. The molecule has 0 saturated carbocycles. The van der Waals surface area contributed by atoms with E-state index in [1.807, 2.05) is 0 Å². The average Bonchev–Trinajstić information content (AvgIpc) is 2.43. The van der Waals surface area contributed by atoms with Crippen LogP contribution >= 0.6 is 12.4 Å². The summed E-state index contributed by atoms with van der Waals surface area (Å²) in [6, 6.07) is 6.97. The van der Waals surface area contributed by atoms with Gasteiger partial charge in [0.05, 0.1) is 6.10 Å². The van der Waals surface area contributed by atoms with E-state index in [9.17, 15) is 5.11 Å². The van der Waals surface area contributed by atoms with Crippen LogP contribution in [0.15, 0.2) is 18.2 Å². The maximum absolute atomic E-state index is 10.2. The van der Waals surface area contributed by atoms with Crippen LogP contribution in [-0.4, -0.2) is 17.7 Å². The first-order chi connectivity index (χ1) is 8.70. The number of rotatable bonds is 5. The summed E-state index contributed by atoms with van der Waals surface area (Å²) in [5.74, 6) is 0. The number of hydrogen-bond donors (Lipinski definition) is 2. The fraction of sp³-hybridized carbons (Fsp3) is 0.625. The lowest BCUT2D eigenvalue weighted by Crippen LogP contribution is -2.29. The molecule has 2 rings (SSSR count). The standard InChI is InChI=1S/C16H25NO.ClH/c1-3-12(2)17-11-16(18)15-9-8-13-6-4-5-7-14(13)10-15;/h8-10,12,16-18H,3-7,11H2,1-2H3;1H/t12-,16-;/m1./s1. The zero-order valence-electron chi connectivity index (χ0n) is 12.0. The zero-order valence-corrected chi connectivity index (χ0v) is 12.8. The molecule has 0 amide bonds. The summed E-state index contributed by atoms with van der Waals surface area (Å²) in [4.78, 5) is 0. The maximum Gasteiger partial charge on any atom is 0.0914 e. The largest absolute Gasteiger partial charge is 0.387 e. The Morgan fingerprint density at radius 2 is 1.89 bits per heavy atom. The van der Waals surface area contributed by atoms with Crippen molar-refractivity contribution < 1.29 is 5.11 Å². The van der Waals surface area contributed by atoms with Gasteiger partial charge in [-0.05, 0) is 55.7 Å². The van der Waals surface area contributed by atoms with Crippen molar-refractivity contribution in [3.8, 4) is 0 Å². The van der Waals surface area contributed by atoms with Gasteiger partial charge in [0.1, 0.15) is 0 Å². The van der Waals surface area contributed by atoms with Crippen LogP contribution in [0.1, 0.15) is 55.9 Å². The molecule has 2 atom stereocenters. The molecule has 0 aromatic heterocycles. The molecule has 0 radical (unpaired) electrons. The van der Waals surface area contributed by atoms with Crippen molar-refractivity contribution in [2.45, 2.75) is 58.1 Å². The molecule has 0 aliphatic heterocycles. The third-order valence-electron chi connectivity index (χ3n) is 4.03. The zero-order chi connectivity index (χ0) is 13.0. The SMILES string of the molecule is CC[C@@H](C)NC[C@@H](O)c1ccc2c(c1)CCCC2.Cl. The van der Waals surface area contributed by atoms with Gasteiger partial charge in [-0.3, -0.25) is 0 Å². The predicted molar refractivity (Wildman–Crippen MR) is 83.0 cm³/mol. The van der Waals surface area contributed by atoms with Crippen molar-refractivity contribution in [3.05, 3.63) is 34.9 Å². The van der Waals surface area contributed by atoms with E-state index in [4.69, 9.17) is 0 Å². The minimum absolute atomic E-state index is 0. The third kappa shape index (κ3) is 4.48. The molecule has 2 nitrogen and oxygen atoms in total. The number of aryl methyl sites for hydroxylation is 2. The third-order valence-corrected chi connectivity index (χ3v) is 4.03. The first kappa shape index (κ1) is 16.5. The topological polar surface area (TPSA) is 32.3 Å². The minimum atomic E-state index is -0.383. The molecule has 0 saturated heterocycles. The number of aliphatic hydroxyl groups excluding tert-OH is 1. The highest BCUT2D eigenvalue weighted by atomic mass is 35.5. The van der Waals surface area contributed by atoms with Crippen LogP contribution in [0, 0.1) is 0 Å². The van der Waals surface area contributed by atoms with Crippen molar-refractivity contribution in [2.24, 2.45) is 0 Å². The van der Waals surface area contributed by atoms with Crippen LogP contribution in [0.3, 0.4) is 0 Å². The van der Waals surface area contributed by atoms with Gasteiger partial charge in [-0.1, -0.05) is 25.1 Å². The summed E-state index contributed by atoms with van der Waals surface area (Å²) in [5, 5.41) is 13.6. The van der Waals surface area contributed by atoms with Crippen LogP contribution in [0.2, 0.25) is 0 Å². The molecule has 1 aromatic carbocycles. The Morgan fingerprint density at radius 1 is 1.21 bits per heavy atom. The number of hydrogen-bond acceptors (Lipinski definition) is 2. The lowest BCUT2D eigenvalue weighted by atomic mass is 9.89. The Bertz CT molecular complexity index is 394. The summed E-state index contributed by atoms with van der Waals surface area (Å²) in [6.45, 7) is 4.95. The highest BCUT2D eigenvalue weighted by Crippen LogP contribution is 2.24. The summed E-state index contributed by atoms with van der Waals surface area (Å²) in [5.41, 5.74) is 3.99. The predicted octanol–water partition coefficient (Wildman–Crippen LogP) is 3.41. The highest BCUT2D eigenvalue weighted by molar-refractivity contribution is 5.85. The molecule has 1 aromatic rings. The van der Waals surface area contributed by atoms with E-state index in [0.29, 0.717) is 12.6 Å². The van der Waals surface area contributed by atoms with Crippen molar-refractivity contribution in [3.63, 3.8) is 0 Å². The summed E-state index contributed by atoms with van der Waals surface area (Å²) >= 11 is 0. The Kier molecular flexibility index (Phi) is 6.84. The van der Waals surface area contributed by atoms with E-state index < -0.39 is 0 Å². The van der Waals surface area contributed by atoms with E-state index in [-0.39, 0.29) is 18.5 Å². The molecule has 0 spiro atoms. The lowest BCUT2D eigenvalue weighted by molar-refractivity contribution is 0.170. The Hall–Kier alpha value is -0.570. The van der Waals surface area contributed by atoms with E-state index in [1.54, 1.807) is 0 Å². The van der Waals surface area contributed by atoms with Crippen LogP contribution in [0.5, 0.6) is 0 Å². The Labute approximate surface area is 123 Å². The first-order valence-corrected chi connectivity index (χ1v) is 7.24. The Balaban J connectivity index is 0.00000180. The average molecular weight is 284 g/mol. The lowest BCUT2D eigenvalue weighted by Gasteiger charge is -2.20. The molecule has 1 aliphatic carbocycles. The normalized spacial score (nSPS) is 17.2. The number of halogens is 1. The number of fused-ring (bicyclic) bond motifs is 1. The van der Waals surface area contributed by atoms with Crippen LogP contribution in [-0.2, 0) is 12.8 Å². The monoisotopic (exact) mass is 283 g/mol. The molecule has 19 heavy (non-hydrogen) atoms. The molecule has 0 fully saturated rings. The van der Waals surface area contributed by atoms with Crippen molar-refractivity contribution in [2.75, 3.05) is 6.54 Å². The second-order valence-electron chi connectivity index (χ2n) is 5.47. The summed E-state index contributed by atoms with van der Waals surface area (Å²) in [6.07, 6.45) is 5.69. The molecular formula is C16H26ClNO. The van der Waals surface area contributed by atoms with Crippen molar-refractivity contribution >= 4 is 12.4 Å². The first-order valence-electron chi connectivity index (χ1n) is 7.24. The van der Waals surface area contributed by atoms with Gasteiger partial charge in [-0.2, -0.15) is 0 Å². The van der Waals surface area contributed by atoms with Gasteiger partial charge in [0.15, 0.2) is 0 Å². The van der Waals surface area contributed by atoms with Crippen LogP contribution < -0.4 is 5.32 Å². The van der Waals surface area contributed by atoms with Crippen LogP contribution in [0.25, 0.3) is 0 Å². The van der Waals surface area contributed by atoms with E-state index in [2.05, 4.69) is 37.4 Å². The van der Waals surface area contributed by atoms with Crippen molar-refractivity contribution in [1.29, 1.82) is 0 Å². The molecule has 0 heterocycles. The summed E-state index contributed by atoms with van der Waals surface area (Å²) in [7, 11) is 0. The van der Waals surface area contributed by atoms with Gasteiger partial charge >= 0.3 is 0 Å². The van der Waals surface area contributed by atoms with Gasteiger partial charge < -0.3 is 10.4 Å². The van der Waals surface area contributed by atoms with Gasteiger partial charge in [0, 0.05) is 12.6 Å². The number of aliphatic hydroxyl groups is 1. The molecule has 3 heteroatoms. The summed E-state index contributed by atoms with van der Waals surface area (Å²) < 4.78 is 0. The van der Waals surface area contributed by atoms with E-state index in [0.717, 1.165) is 12.0 Å². The molecule has 0 unspecified atom stereocenters. The number of benzene rings is 1. The fourth-order valence-electron chi connectivity index (χ4n) is 2.54. The van der Waals surface area contributed by atoms with Gasteiger partial charge in [0.25, 0.3) is 0 Å². The van der Waals surface area contributed by atoms with Gasteiger partial charge in [0.2, 0.25) is 0 Å². The maximum atomic E-state index is 10.2. The van der Waals surface area contributed by atoms with E-state index in [1.165, 1.54) is 36.8 Å². The van der Waals surface area contributed by atoms with Gasteiger partial charge in [-0.25, -0.2) is 0 Å².